The fourth-order valence-electron chi connectivity index (χ4n) is 4.98. The monoisotopic (exact) mass is 595 g/mol. The number of nitrogens with one attached hydrogen (secondary N) is 1. The van der Waals surface area contributed by atoms with Crippen LogP contribution in [0, 0.1) is 5.82 Å². The number of amides is 2. The summed E-state index contributed by atoms with van der Waals surface area (Å²) in [6, 6.07) is 5.56. The number of likely N-dealkylation sites (N-methyl/N-ethyl adjacent to an activating group) is 1. The Labute approximate surface area is 237 Å². The van der Waals surface area contributed by atoms with Gasteiger partial charge >= 0.3 is 5.97 Å². The molecule has 2 aromatic carbocycles. The van der Waals surface area contributed by atoms with Crippen LogP contribution in [0.1, 0.15) is 39.9 Å². The predicted octanol–water partition coefficient (Wildman–Crippen LogP) is -2.61. The van der Waals surface area contributed by atoms with E-state index >= 15 is 0 Å². The Balaban J connectivity index is 1.74. The predicted molar refractivity (Wildman–Crippen MR) is 135 cm³/mol. The molecule has 1 saturated heterocycles. The van der Waals surface area contributed by atoms with E-state index in [2.05, 4.69) is 5.32 Å². The number of hydrogen-bond acceptors (Lipinski definition) is 13. The van der Waals surface area contributed by atoms with E-state index in [0.29, 0.717) is 12.4 Å². The fourth-order valence-corrected chi connectivity index (χ4v) is 4.98. The number of ether oxygens (including phenoxy) is 2. The van der Waals surface area contributed by atoms with Crippen molar-refractivity contribution in [2.24, 2.45) is 0 Å². The van der Waals surface area contributed by atoms with E-state index in [1.54, 1.807) is 0 Å². The second-order valence-corrected chi connectivity index (χ2v) is 9.70. The first-order chi connectivity index (χ1) is 19.6. The Morgan fingerprint density at radius 3 is 2.43 bits per heavy atom. The number of aliphatic hydroxyl groups is 7. The summed E-state index contributed by atoms with van der Waals surface area (Å²) in [4.78, 5) is 38.0. The Bertz CT molecular complexity index is 1380. The Kier molecular flexibility index (Phi) is 8.40. The van der Waals surface area contributed by atoms with Gasteiger partial charge in [-0.15, -0.1) is 0 Å². The normalized spacial score (nSPS) is 18.8. The lowest BCUT2D eigenvalue weighted by Crippen LogP contribution is -2.64. The average molecular weight is 596 g/mol. The zero-order chi connectivity index (χ0) is 31.1. The van der Waals surface area contributed by atoms with E-state index < -0.39 is 76.4 Å². The molecule has 2 heterocycles. The van der Waals surface area contributed by atoms with Gasteiger partial charge in [-0.25, -0.2) is 14.2 Å². The third-order valence-electron chi connectivity index (χ3n) is 7.09. The van der Waals surface area contributed by atoms with Gasteiger partial charge in [0.1, 0.15) is 17.9 Å². The molecule has 0 bridgehead atoms. The van der Waals surface area contributed by atoms with Crippen molar-refractivity contribution >= 4 is 18.1 Å². The maximum absolute atomic E-state index is 14.9. The minimum absolute atomic E-state index is 0.00823. The highest BCUT2D eigenvalue weighted by molar-refractivity contribution is 6.03. The highest BCUT2D eigenvalue weighted by atomic mass is 19.1. The largest absolute Gasteiger partial charge is 0.435 e. The molecule has 8 N–H and O–H groups in total. The molecule has 0 radical (unpaired) electrons. The molecule has 0 aromatic heterocycles. The van der Waals surface area contributed by atoms with Gasteiger partial charge in [0.05, 0.1) is 29.9 Å². The number of fused-ring (bicyclic) bond motifs is 1. The minimum Gasteiger partial charge on any atom is -0.435 e. The van der Waals surface area contributed by atoms with Crippen LogP contribution >= 0.6 is 0 Å². The molecular weight excluding hydrogens is 565 g/mol. The molecule has 16 heteroatoms. The quantitative estimate of drug-likeness (QED) is 0.104. The van der Waals surface area contributed by atoms with Crippen molar-refractivity contribution in [3.8, 4) is 5.75 Å². The zero-order valence-corrected chi connectivity index (χ0v) is 22.2. The lowest BCUT2D eigenvalue weighted by Gasteiger charge is -2.41. The van der Waals surface area contributed by atoms with Gasteiger partial charge in [-0.2, -0.15) is 0 Å². The number of nitrogens with zero attached hydrogens (tertiary/aromatic N) is 2. The number of carbonyl (C=O) groups excluding carboxylic acids is 3. The second kappa shape index (κ2) is 11.3. The highest BCUT2D eigenvalue weighted by Crippen LogP contribution is 2.46. The van der Waals surface area contributed by atoms with Gasteiger partial charge in [0.2, 0.25) is 5.72 Å². The minimum atomic E-state index is -3.61. The van der Waals surface area contributed by atoms with Crippen LogP contribution in [-0.2, 0) is 32.1 Å². The van der Waals surface area contributed by atoms with Crippen molar-refractivity contribution in [2.75, 3.05) is 33.4 Å². The summed E-state index contributed by atoms with van der Waals surface area (Å²) in [5.41, 5.74) is -5.75. The van der Waals surface area contributed by atoms with E-state index in [0.717, 1.165) is 37.4 Å². The molecule has 1 unspecified atom stereocenters. The number of carbonyl (C=O) groups is 3. The first-order valence-electron chi connectivity index (χ1n) is 12.7. The molecule has 0 saturated carbocycles. The molecule has 42 heavy (non-hydrogen) atoms. The van der Waals surface area contributed by atoms with Crippen LogP contribution < -0.4 is 10.1 Å². The summed E-state index contributed by atoms with van der Waals surface area (Å²) in [6.45, 7) is 0.523. The SMILES string of the molecule is CNC(=O)C(O)(CCC=O)N1C(=O)c2cccc(OC(O)(O)c3cc(C(O)(O)N4CCOCC4)ccc3F)c2C1(O)O. The van der Waals surface area contributed by atoms with Gasteiger partial charge < -0.3 is 55.3 Å². The number of aldehydes is 1. The van der Waals surface area contributed by atoms with E-state index in [1.165, 1.54) is 4.90 Å². The van der Waals surface area contributed by atoms with Gasteiger partial charge in [0.25, 0.3) is 23.6 Å². The van der Waals surface area contributed by atoms with Crippen LogP contribution in [0.3, 0.4) is 0 Å². The maximum atomic E-state index is 14.9. The molecule has 2 aliphatic heterocycles. The zero-order valence-electron chi connectivity index (χ0n) is 22.2. The fraction of sp³-hybridized carbons (Fsp3) is 0.423. The van der Waals surface area contributed by atoms with Gasteiger partial charge in [0, 0.05) is 38.5 Å². The molecule has 2 amide bonds. The van der Waals surface area contributed by atoms with Crippen LogP contribution in [-0.4, -0.2) is 103 Å². The number of rotatable bonds is 10. The van der Waals surface area contributed by atoms with Gasteiger partial charge in [-0.05, 0) is 30.3 Å². The molecule has 15 nitrogen and oxygen atoms in total. The van der Waals surface area contributed by atoms with E-state index in [-0.39, 0.29) is 36.8 Å². The van der Waals surface area contributed by atoms with Crippen LogP contribution in [0.2, 0.25) is 0 Å². The third-order valence-corrected chi connectivity index (χ3v) is 7.09. The molecule has 2 aliphatic rings. The number of hydrogen-bond donors (Lipinski definition) is 8. The van der Waals surface area contributed by atoms with Gasteiger partial charge in [-0.1, -0.05) is 6.07 Å². The first-order valence-corrected chi connectivity index (χ1v) is 12.7. The molecule has 0 aliphatic carbocycles. The van der Waals surface area contributed by atoms with Crippen molar-refractivity contribution in [3.63, 3.8) is 0 Å². The standard InChI is InChI=1S/C26H30FN3O12/c1-28-22(33)23(34,8-3-11-31)30-21(32)16-4-2-5-19(20(16)25(30,37)38)42-26(39,40)17-14-15(6-7-18(17)27)24(35,36)29-9-12-41-13-10-29/h2,4-7,11,14,34-40H,3,8-10,12-13H2,1H3,(H,28,33). The summed E-state index contributed by atoms with van der Waals surface area (Å²) in [5.74, 6) is -14.5. The summed E-state index contributed by atoms with van der Waals surface area (Å²) < 4.78 is 25.2. The van der Waals surface area contributed by atoms with Crippen molar-refractivity contribution in [1.29, 1.82) is 0 Å². The van der Waals surface area contributed by atoms with E-state index in [1.807, 2.05) is 0 Å². The number of halogens is 1. The van der Waals surface area contributed by atoms with Crippen LogP contribution in [0.5, 0.6) is 5.75 Å². The first kappa shape index (κ1) is 31.4. The topological polar surface area (TPSA) is 230 Å². The van der Waals surface area contributed by atoms with Crippen molar-refractivity contribution in [1.82, 2.24) is 15.1 Å². The Hall–Kier alpha value is -3.58. The van der Waals surface area contributed by atoms with Crippen molar-refractivity contribution < 1.29 is 64.0 Å². The summed E-state index contributed by atoms with van der Waals surface area (Å²) in [6.07, 6.45) is -0.894. The Morgan fingerprint density at radius 2 is 1.81 bits per heavy atom. The van der Waals surface area contributed by atoms with E-state index in [4.69, 9.17) is 9.47 Å². The summed E-state index contributed by atoms with van der Waals surface area (Å²) in [7, 11) is 1.09. The molecule has 228 valence electrons. The van der Waals surface area contributed by atoms with Crippen molar-refractivity contribution in [3.05, 3.63) is 64.5 Å². The molecule has 1 atom stereocenters. The molecule has 2 aromatic rings. The lowest BCUT2D eigenvalue weighted by atomic mass is 10.0. The summed E-state index contributed by atoms with van der Waals surface area (Å²) >= 11 is 0. The Morgan fingerprint density at radius 1 is 1.14 bits per heavy atom. The smallest absolute Gasteiger partial charge is 0.354 e. The average Bonchev–Trinajstić information content (AvgIpc) is 3.17. The second-order valence-electron chi connectivity index (χ2n) is 9.70. The summed E-state index contributed by atoms with van der Waals surface area (Å²) in [5, 5.41) is 78.5. The molecule has 1 fully saturated rings. The molecule has 4 rings (SSSR count). The van der Waals surface area contributed by atoms with E-state index in [9.17, 15) is 54.5 Å². The third kappa shape index (κ3) is 5.24. The van der Waals surface area contributed by atoms with Gasteiger partial charge in [-0.3, -0.25) is 9.59 Å². The number of morpholine rings is 1. The van der Waals surface area contributed by atoms with Crippen molar-refractivity contribution in [2.45, 2.75) is 36.4 Å². The highest BCUT2D eigenvalue weighted by Gasteiger charge is 2.61. The van der Waals surface area contributed by atoms with Crippen LogP contribution in [0.4, 0.5) is 4.39 Å². The van der Waals surface area contributed by atoms with Gasteiger partial charge in [0.15, 0.2) is 0 Å². The lowest BCUT2D eigenvalue weighted by molar-refractivity contribution is -0.315. The van der Waals surface area contributed by atoms with Crippen LogP contribution in [0.15, 0.2) is 36.4 Å². The maximum Gasteiger partial charge on any atom is 0.354 e. The molecular formula is C26H30FN3O12. The number of benzene rings is 2. The molecule has 0 spiro atoms. The van der Waals surface area contributed by atoms with Crippen LogP contribution in [0.25, 0.3) is 0 Å².